The molecule has 0 unspecified atom stereocenters. The first-order valence-corrected chi connectivity index (χ1v) is 6.52. The standard InChI is InChI=1S/C14H15FN2O3/c1-9-2-3-11-10(8-9)16-12(20-11)14(15)4-6-17(7-5-14)13(18)19/h2-3,8H,4-7H2,1H3,(H,18,19). The Balaban J connectivity index is 1.89. The number of carbonyl (C=O) groups is 1. The van der Waals surface area contributed by atoms with Gasteiger partial charge in [-0.2, -0.15) is 0 Å². The number of amides is 1. The summed E-state index contributed by atoms with van der Waals surface area (Å²) in [6.07, 6.45) is -0.865. The molecule has 0 atom stereocenters. The van der Waals surface area contributed by atoms with Gasteiger partial charge < -0.3 is 14.4 Å². The minimum Gasteiger partial charge on any atom is -0.465 e. The van der Waals surface area contributed by atoms with Crippen LogP contribution < -0.4 is 0 Å². The molecule has 1 fully saturated rings. The normalized spacial score (nSPS) is 18.4. The summed E-state index contributed by atoms with van der Waals surface area (Å²) in [6, 6.07) is 5.50. The van der Waals surface area contributed by atoms with Gasteiger partial charge in [0.1, 0.15) is 5.52 Å². The predicted octanol–water partition coefficient (Wildman–Crippen LogP) is 3.07. The van der Waals surface area contributed by atoms with Crippen LogP contribution in [0.3, 0.4) is 0 Å². The van der Waals surface area contributed by atoms with Crippen molar-refractivity contribution >= 4 is 17.2 Å². The highest BCUT2D eigenvalue weighted by molar-refractivity contribution is 5.73. The van der Waals surface area contributed by atoms with E-state index in [0.717, 1.165) is 5.56 Å². The molecular formula is C14H15FN2O3. The molecule has 1 N–H and O–H groups in total. The average molecular weight is 278 g/mol. The molecule has 1 aromatic carbocycles. The molecule has 5 nitrogen and oxygen atoms in total. The summed E-state index contributed by atoms with van der Waals surface area (Å²) in [7, 11) is 0. The number of aromatic nitrogens is 1. The van der Waals surface area contributed by atoms with Crippen LogP contribution in [0.2, 0.25) is 0 Å². The molecule has 1 aliphatic heterocycles. The lowest BCUT2D eigenvalue weighted by Gasteiger charge is -2.32. The van der Waals surface area contributed by atoms with Crippen LogP contribution >= 0.6 is 0 Å². The van der Waals surface area contributed by atoms with Gasteiger partial charge in [-0.3, -0.25) is 0 Å². The van der Waals surface area contributed by atoms with Gasteiger partial charge in [0.25, 0.3) is 0 Å². The molecule has 1 aromatic heterocycles. The molecule has 2 aromatic rings. The average Bonchev–Trinajstić information content (AvgIpc) is 2.83. The van der Waals surface area contributed by atoms with Gasteiger partial charge in [0.05, 0.1) is 0 Å². The number of oxazole rings is 1. The number of halogens is 1. The maximum atomic E-state index is 14.9. The van der Waals surface area contributed by atoms with E-state index in [-0.39, 0.29) is 31.8 Å². The topological polar surface area (TPSA) is 66.6 Å². The van der Waals surface area contributed by atoms with E-state index >= 15 is 0 Å². The summed E-state index contributed by atoms with van der Waals surface area (Å²) >= 11 is 0. The van der Waals surface area contributed by atoms with Crippen LogP contribution in [0.1, 0.15) is 24.3 Å². The number of carboxylic acid groups (broad SMARTS) is 1. The number of fused-ring (bicyclic) bond motifs is 1. The lowest BCUT2D eigenvalue weighted by atomic mass is 9.93. The van der Waals surface area contributed by atoms with Crippen LogP contribution in [-0.4, -0.2) is 34.2 Å². The second-order valence-electron chi connectivity index (χ2n) is 5.23. The highest BCUT2D eigenvalue weighted by Gasteiger charge is 2.41. The number of benzene rings is 1. The Labute approximate surface area is 115 Å². The van der Waals surface area contributed by atoms with Crippen LogP contribution in [0, 0.1) is 6.92 Å². The fourth-order valence-electron chi connectivity index (χ4n) is 2.50. The fourth-order valence-corrected chi connectivity index (χ4v) is 2.50. The fraction of sp³-hybridized carbons (Fsp3) is 0.429. The Bertz CT molecular complexity index is 659. The summed E-state index contributed by atoms with van der Waals surface area (Å²) in [5.74, 6) is 0.0585. The number of likely N-dealkylation sites (tertiary alicyclic amines) is 1. The van der Waals surface area contributed by atoms with E-state index in [4.69, 9.17) is 9.52 Å². The minimum absolute atomic E-state index is 0.0585. The smallest absolute Gasteiger partial charge is 0.407 e. The second-order valence-corrected chi connectivity index (χ2v) is 5.23. The molecule has 3 rings (SSSR count). The molecule has 0 saturated carbocycles. The lowest BCUT2D eigenvalue weighted by Crippen LogP contribution is -2.42. The molecule has 1 amide bonds. The molecule has 2 heterocycles. The Morgan fingerprint density at radius 3 is 2.80 bits per heavy atom. The van der Waals surface area contributed by atoms with E-state index < -0.39 is 11.8 Å². The zero-order valence-electron chi connectivity index (χ0n) is 11.1. The maximum absolute atomic E-state index is 14.9. The van der Waals surface area contributed by atoms with E-state index in [2.05, 4.69) is 4.98 Å². The molecule has 0 spiro atoms. The van der Waals surface area contributed by atoms with Gasteiger partial charge in [0.15, 0.2) is 11.3 Å². The van der Waals surface area contributed by atoms with Crippen LogP contribution in [-0.2, 0) is 5.67 Å². The number of rotatable bonds is 1. The SMILES string of the molecule is Cc1ccc2oc(C3(F)CCN(C(=O)O)CC3)nc2c1. The van der Waals surface area contributed by atoms with Crippen LogP contribution in [0.15, 0.2) is 22.6 Å². The monoisotopic (exact) mass is 278 g/mol. The largest absolute Gasteiger partial charge is 0.465 e. The van der Waals surface area contributed by atoms with E-state index in [1.807, 2.05) is 19.1 Å². The van der Waals surface area contributed by atoms with Gasteiger partial charge in [0, 0.05) is 25.9 Å². The van der Waals surface area contributed by atoms with E-state index in [0.29, 0.717) is 11.1 Å². The third kappa shape index (κ3) is 2.11. The zero-order valence-corrected chi connectivity index (χ0v) is 11.1. The second kappa shape index (κ2) is 4.47. The first-order chi connectivity index (χ1) is 9.48. The number of nitrogens with zero attached hydrogens (tertiary/aromatic N) is 2. The van der Waals surface area contributed by atoms with Crippen molar-refractivity contribution in [2.45, 2.75) is 25.4 Å². The quantitative estimate of drug-likeness (QED) is 0.870. The zero-order chi connectivity index (χ0) is 14.3. The van der Waals surface area contributed by atoms with E-state index in [1.165, 1.54) is 4.90 Å². The number of aryl methyl sites for hydroxylation is 1. The number of hydrogen-bond acceptors (Lipinski definition) is 3. The molecule has 106 valence electrons. The molecule has 1 saturated heterocycles. The van der Waals surface area contributed by atoms with Crippen molar-refractivity contribution in [2.24, 2.45) is 0 Å². The van der Waals surface area contributed by atoms with Crippen LogP contribution in [0.5, 0.6) is 0 Å². The third-order valence-electron chi connectivity index (χ3n) is 3.75. The first kappa shape index (κ1) is 12.9. The molecular weight excluding hydrogens is 263 g/mol. The summed E-state index contributed by atoms with van der Waals surface area (Å²) in [4.78, 5) is 16.3. The highest BCUT2D eigenvalue weighted by atomic mass is 19.1. The molecule has 0 radical (unpaired) electrons. The van der Waals surface area contributed by atoms with Gasteiger partial charge in [-0.15, -0.1) is 0 Å². The van der Waals surface area contributed by atoms with Crippen molar-refractivity contribution in [2.75, 3.05) is 13.1 Å². The Kier molecular flexibility index (Phi) is 2.88. The summed E-state index contributed by atoms with van der Waals surface area (Å²) in [6.45, 7) is 2.25. The number of alkyl halides is 1. The summed E-state index contributed by atoms with van der Waals surface area (Å²) in [5.41, 5.74) is 0.547. The van der Waals surface area contributed by atoms with Crippen molar-refractivity contribution in [3.63, 3.8) is 0 Å². The van der Waals surface area contributed by atoms with Crippen LogP contribution in [0.25, 0.3) is 11.1 Å². The van der Waals surface area contributed by atoms with Gasteiger partial charge in [-0.1, -0.05) is 6.07 Å². The predicted molar refractivity (Wildman–Crippen MR) is 70.4 cm³/mol. The minimum atomic E-state index is -1.68. The first-order valence-electron chi connectivity index (χ1n) is 6.52. The van der Waals surface area contributed by atoms with Crippen molar-refractivity contribution in [1.82, 2.24) is 9.88 Å². The highest BCUT2D eigenvalue weighted by Crippen LogP contribution is 2.37. The number of piperidine rings is 1. The third-order valence-corrected chi connectivity index (χ3v) is 3.75. The Morgan fingerprint density at radius 2 is 2.15 bits per heavy atom. The van der Waals surface area contributed by atoms with E-state index in [1.54, 1.807) is 6.07 Å². The molecule has 20 heavy (non-hydrogen) atoms. The number of hydrogen-bond donors (Lipinski definition) is 1. The van der Waals surface area contributed by atoms with Gasteiger partial charge in [0.2, 0.25) is 5.89 Å². The molecule has 0 aliphatic carbocycles. The van der Waals surface area contributed by atoms with Crippen molar-refractivity contribution < 1.29 is 18.7 Å². The van der Waals surface area contributed by atoms with Crippen molar-refractivity contribution in [1.29, 1.82) is 0 Å². The van der Waals surface area contributed by atoms with E-state index in [9.17, 15) is 9.18 Å². The maximum Gasteiger partial charge on any atom is 0.407 e. The Hall–Kier alpha value is -2.11. The van der Waals surface area contributed by atoms with Crippen LogP contribution in [0.4, 0.5) is 9.18 Å². The molecule has 6 heteroatoms. The van der Waals surface area contributed by atoms with Gasteiger partial charge in [-0.05, 0) is 24.6 Å². The van der Waals surface area contributed by atoms with Gasteiger partial charge >= 0.3 is 6.09 Å². The Morgan fingerprint density at radius 1 is 1.45 bits per heavy atom. The molecule has 1 aliphatic rings. The molecule has 0 bridgehead atoms. The summed E-state index contributed by atoms with van der Waals surface area (Å²) < 4.78 is 20.4. The van der Waals surface area contributed by atoms with Crippen molar-refractivity contribution in [3.8, 4) is 0 Å². The van der Waals surface area contributed by atoms with Crippen molar-refractivity contribution in [3.05, 3.63) is 29.7 Å². The lowest BCUT2D eigenvalue weighted by molar-refractivity contribution is 0.0358. The summed E-state index contributed by atoms with van der Waals surface area (Å²) in [5, 5.41) is 8.89. The van der Waals surface area contributed by atoms with Gasteiger partial charge in [-0.25, -0.2) is 14.2 Å².